The van der Waals surface area contributed by atoms with Crippen molar-refractivity contribution in [3.63, 3.8) is 0 Å². The lowest BCUT2D eigenvalue weighted by molar-refractivity contribution is 0.102. The number of amides is 1. The van der Waals surface area contributed by atoms with Crippen molar-refractivity contribution in [3.05, 3.63) is 51.7 Å². The molecule has 0 saturated heterocycles. The number of rotatable bonds is 7. The fourth-order valence-corrected chi connectivity index (χ4v) is 5.99. The second-order valence-corrected chi connectivity index (χ2v) is 10.6. The largest absolute Gasteiger partial charge is 0.298 e. The predicted molar refractivity (Wildman–Crippen MR) is 119 cm³/mol. The minimum Gasteiger partial charge on any atom is -0.298 e. The molecule has 1 amide bonds. The monoisotopic (exact) mass is 449 g/mol. The molecule has 6 nitrogen and oxygen atoms in total. The van der Waals surface area contributed by atoms with Gasteiger partial charge in [-0.3, -0.25) is 10.1 Å². The number of aryl methyl sites for hydroxylation is 2. The van der Waals surface area contributed by atoms with E-state index in [-0.39, 0.29) is 10.8 Å². The Bertz CT molecular complexity index is 1130. The van der Waals surface area contributed by atoms with Crippen LogP contribution >= 0.6 is 22.7 Å². The Morgan fingerprint density at radius 2 is 1.86 bits per heavy atom. The van der Waals surface area contributed by atoms with Gasteiger partial charge in [0, 0.05) is 28.9 Å². The van der Waals surface area contributed by atoms with Gasteiger partial charge in [-0.1, -0.05) is 19.9 Å². The lowest BCUT2D eigenvalue weighted by atomic mass is 10.1. The topological polar surface area (TPSA) is 79.4 Å². The van der Waals surface area contributed by atoms with Crippen molar-refractivity contribution in [1.29, 1.82) is 0 Å². The van der Waals surface area contributed by atoms with Crippen LogP contribution in [0.4, 0.5) is 5.13 Å². The number of thiophene rings is 1. The summed E-state index contributed by atoms with van der Waals surface area (Å²) in [6.07, 6.45) is 0. The predicted octanol–water partition coefficient (Wildman–Crippen LogP) is 4.77. The molecule has 1 aromatic carbocycles. The average molecular weight is 450 g/mol. The summed E-state index contributed by atoms with van der Waals surface area (Å²) >= 11 is 2.99. The Hall–Kier alpha value is -2.07. The molecular formula is C20H23N3O3S3. The number of thiazole rings is 1. The van der Waals surface area contributed by atoms with Crippen LogP contribution in [-0.2, 0) is 10.0 Å². The van der Waals surface area contributed by atoms with Gasteiger partial charge in [0.05, 0.1) is 15.5 Å². The molecule has 0 saturated carbocycles. The van der Waals surface area contributed by atoms with E-state index in [1.807, 2.05) is 24.4 Å². The zero-order valence-corrected chi connectivity index (χ0v) is 19.2. The molecule has 0 radical (unpaired) electrons. The lowest BCUT2D eigenvalue weighted by Crippen LogP contribution is -2.30. The van der Waals surface area contributed by atoms with Gasteiger partial charge in [-0.15, -0.1) is 22.7 Å². The third kappa shape index (κ3) is 4.58. The summed E-state index contributed by atoms with van der Waals surface area (Å²) in [6, 6.07) is 8.68. The maximum absolute atomic E-state index is 12.8. The molecule has 1 N–H and O–H groups in total. The summed E-state index contributed by atoms with van der Waals surface area (Å²) in [4.78, 5) is 19.7. The number of nitrogens with one attached hydrogen (secondary N) is 1. The summed E-state index contributed by atoms with van der Waals surface area (Å²) in [5, 5.41) is 5.17. The fraction of sp³-hybridized carbons (Fsp3) is 0.300. The van der Waals surface area contributed by atoms with Crippen LogP contribution in [-0.4, -0.2) is 36.7 Å². The van der Waals surface area contributed by atoms with E-state index in [0.717, 1.165) is 10.6 Å². The Balaban J connectivity index is 1.85. The van der Waals surface area contributed by atoms with E-state index in [1.165, 1.54) is 26.6 Å². The molecule has 0 bridgehead atoms. The fourth-order valence-electron chi connectivity index (χ4n) is 2.90. The first-order valence-electron chi connectivity index (χ1n) is 9.20. The number of carbonyl (C=O) groups is 1. The van der Waals surface area contributed by atoms with Crippen LogP contribution in [0.3, 0.4) is 0 Å². The van der Waals surface area contributed by atoms with E-state index in [4.69, 9.17) is 0 Å². The summed E-state index contributed by atoms with van der Waals surface area (Å²) in [6.45, 7) is 8.14. The Morgan fingerprint density at radius 3 is 2.48 bits per heavy atom. The van der Waals surface area contributed by atoms with Gasteiger partial charge in [-0.2, -0.15) is 4.31 Å². The van der Waals surface area contributed by atoms with E-state index >= 15 is 0 Å². The number of sulfonamides is 1. The summed E-state index contributed by atoms with van der Waals surface area (Å²) in [7, 11) is -3.63. The quantitative estimate of drug-likeness (QED) is 0.563. The highest BCUT2D eigenvalue weighted by molar-refractivity contribution is 7.89. The Kier molecular flexibility index (Phi) is 6.52. The number of benzene rings is 1. The summed E-state index contributed by atoms with van der Waals surface area (Å²) < 4.78 is 26.9. The Morgan fingerprint density at radius 1 is 1.14 bits per heavy atom. The van der Waals surface area contributed by atoms with E-state index in [1.54, 1.807) is 44.2 Å². The molecule has 3 rings (SSSR count). The molecular weight excluding hydrogens is 426 g/mol. The normalized spacial score (nSPS) is 11.8. The van der Waals surface area contributed by atoms with Crippen LogP contribution < -0.4 is 5.32 Å². The first-order valence-corrected chi connectivity index (χ1v) is 12.3. The van der Waals surface area contributed by atoms with E-state index in [9.17, 15) is 13.2 Å². The lowest BCUT2D eigenvalue weighted by Gasteiger charge is -2.19. The summed E-state index contributed by atoms with van der Waals surface area (Å²) in [5.74, 6) is -0.373. The minimum atomic E-state index is -3.63. The number of hydrogen-bond acceptors (Lipinski definition) is 6. The SMILES string of the molecule is CCN(CC)S(=O)(=O)c1ccc(C)c(C(=O)Nc2nc(-c3ccc(C)s3)cs2)c1. The van der Waals surface area contributed by atoms with Crippen molar-refractivity contribution < 1.29 is 13.2 Å². The van der Waals surface area contributed by atoms with E-state index in [0.29, 0.717) is 29.3 Å². The maximum atomic E-state index is 12.8. The van der Waals surface area contributed by atoms with Crippen LogP contribution in [0.5, 0.6) is 0 Å². The average Bonchev–Trinajstić information content (AvgIpc) is 3.31. The van der Waals surface area contributed by atoms with Crippen LogP contribution in [0.1, 0.15) is 34.6 Å². The molecule has 0 atom stereocenters. The Labute approximate surface area is 179 Å². The number of carbonyl (C=O) groups excluding carboxylic acids is 1. The third-order valence-corrected chi connectivity index (χ3v) is 8.34. The van der Waals surface area contributed by atoms with Gasteiger partial charge in [-0.05, 0) is 43.7 Å². The molecule has 0 fully saturated rings. The number of nitrogens with zero attached hydrogens (tertiary/aromatic N) is 2. The van der Waals surface area contributed by atoms with E-state index in [2.05, 4.69) is 10.3 Å². The van der Waals surface area contributed by atoms with Gasteiger partial charge < -0.3 is 0 Å². The van der Waals surface area contributed by atoms with Gasteiger partial charge in [0.15, 0.2) is 5.13 Å². The highest BCUT2D eigenvalue weighted by Gasteiger charge is 2.23. The van der Waals surface area contributed by atoms with Crippen LogP contribution in [0, 0.1) is 13.8 Å². The van der Waals surface area contributed by atoms with E-state index < -0.39 is 10.0 Å². The molecule has 0 aliphatic heterocycles. The standard InChI is InChI=1S/C20H23N3O3S3/c1-5-23(6-2)29(25,26)15-9-7-13(3)16(11-15)19(24)22-20-21-17(12-27-20)18-10-8-14(4)28-18/h7-12H,5-6H2,1-4H3,(H,21,22,24). The summed E-state index contributed by atoms with van der Waals surface area (Å²) in [5.41, 5.74) is 1.84. The second kappa shape index (κ2) is 8.74. The van der Waals surface area contributed by atoms with Crippen LogP contribution in [0.15, 0.2) is 40.6 Å². The van der Waals surface area contributed by atoms with Crippen molar-refractivity contribution >= 4 is 43.7 Å². The van der Waals surface area contributed by atoms with Gasteiger partial charge in [-0.25, -0.2) is 13.4 Å². The zero-order valence-electron chi connectivity index (χ0n) is 16.7. The van der Waals surface area contributed by atoms with Gasteiger partial charge in [0.25, 0.3) is 5.91 Å². The maximum Gasteiger partial charge on any atom is 0.257 e. The molecule has 154 valence electrons. The second-order valence-electron chi connectivity index (χ2n) is 6.47. The number of aromatic nitrogens is 1. The minimum absolute atomic E-state index is 0.117. The smallest absolute Gasteiger partial charge is 0.257 e. The zero-order chi connectivity index (χ0) is 21.2. The van der Waals surface area contributed by atoms with Crippen molar-refractivity contribution in [2.45, 2.75) is 32.6 Å². The molecule has 0 aliphatic carbocycles. The van der Waals surface area contributed by atoms with Crippen molar-refractivity contribution in [1.82, 2.24) is 9.29 Å². The first-order chi connectivity index (χ1) is 13.8. The molecule has 3 aromatic rings. The molecule has 0 unspecified atom stereocenters. The highest BCUT2D eigenvalue weighted by atomic mass is 32.2. The molecule has 0 aliphatic rings. The van der Waals surface area contributed by atoms with Crippen LogP contribution in [0.25, 0.3) is 10.6 Å². The number of hydrogen-bond donors (Lipinski definition) is 1. The van der Waals surface area contributed by atoms with Crippen molar-refractivity contribution in [2.24, 2.45) is 0 Å². The molecule has 2 aromatic heterocycles. The molecule has 2 heterocycles. The third-order valence-electron chi connectivity index (χ3n) is 4.51. The first kappa shape index (κ1) is 21.6. The van der Waals surface area contributed by atoms with Gasteiger partial charge >= 0.3 is 0 Å². The molecule has 29 heavy (non-hydrogen) atoms. The van der Waals surface area contributed by atoms with Crippen LogP contribution in [0.2, 0.25) is 0 Å². The molecule has 0 spiro atoms. The van der Waals surface area contributed by atoms with Gasteiger partial charge in [0.2, 0.25) is 10.0 Å². The number of anilines is 1. The molecule has 9 heteroatoms. The van der Waals surface area contributed by atoms with Crippen molar-refractivity contribution in [3.8, 4) is 10.6 Å². The van der Waals surface area contributed by atoms with Gasteiger partial charge in [0.1, 0.15) is 0 Å². The van der Waals surface area contributed by atoms with Crippen molar-refractivity contribution in [2.75, 3.05) is 18.4 Å². The highest BCUT2D eigenvalue weighted by Crippen LogP contribution is 2.30.